The fourth-order valence-corrected chi connectivity index (χ4v) is 7.63. The molecule has 3 aliphatic carbocycles. The molecule has 0 N–H and O–H groups in total. The summed E-state index contributed by atoms with van der Waals surface area (Å²) in [5, 5.41) is 11.5. The van der Waals surface area contributed by atoms with Gasteiger partial charge in [-0.15, -0.1) is 0 Å². The lowest BCUT2D eigenvalue weighted by atomic mass is 9.66. The van der Waals surface area contributed by atoms with E-state index in [1.54, 1.807) is 0 Å². The Morgan fingerprint density at radius 2 is 1.08 bits per heavy atom. The van der Waals surface area contributed by atoms with E-state index in [-0.39, 0.29) is 16.5 Å². The van der Waals surface area contributed by atoms with Gasteiger partial charge in [-0.25, -0.2) is 0 Å². The molecule has 6 atom stereocenters. The van der Waals surface area contributed by atoms with Crippen LogP contribution in [0.4, 0.5) is 0 Å². The number of hydrogen-bond acceptors (Lipinski definition) is 2. The second kappa shape index (κ2) is 4.27. The van der Waals surface area contributed by atoms with Crippen molar-refractivity contribution in [3.63, 3.8) is 0 Å². The first-order chi connectivity index (χ1) is 11.1. The molecule has 6 unspecified atom stereocenters. The smallest absolute Gasteiger partial charge is 0.0900 e. The van der Waals surface area contributed by atoms with Gasteiger partial charge >= 0.3 is 0 Å². The van der Waals surface area contributed by atoms with Crippen LogP contribution >= 0.6 is 46.4 Å². The molecule has 0 spiro atoms. The Morgan fingerprint density at radius 3 is 1.46 bits per heavy atom. The molecule has 4 bridgehead atoms. The lowest BCUT2D eigenvalue weighted by Crippen LogP contribution is -2.45. The summed E-state index contributed by atoms with van der Waals surface area (Å²) in [6.45, 7) is 9.14. The van der Waals surface area contributed by atoms with Gasteiger partial charge in [0.05, 0.1) is 31.2 Å². The quantitative estimate of drug-likeness (QED) is 0.250. The lowest BCUT2D eigenvalue weighted by Gasteiger charge is -2.39. The van der Waals surface area contributed by atoms with Crippen LogP contribution in [0.15, 0.2) is 10.2 Å². The van der Waals surface area contributed by atoms with Crippen molar-refractivity contribution in [2.45, 2.75) is 57.0 Å². The van der Waals surface area contributed by atoms with E-state index in [1.165, 1.54) is 0 Å². The minimum absolute atomic E-state index is 0.000831. The average molecular weight is 404 g/mol. The molecule has 0 radical (unpaired) electrons. The first-order valence-electron chi connectivity index (χ1n) is 8.37. The number of halogens is 4. The minimum Gasteiger partial charge on any atom is -0.186 e. The standard InChI is InChI=1S/C18H18Cl4N2/c1-16(2)17(3)10-6-5-7(11(10)18(16,4)24-23-17)9-8(6)12(19)14(21)15(22)13(9)20/h6-7,10-11H,5H2,1-4H3. The predicted molar refractivity (Wildman–Crippen MR) is 99.0 cm³/mol. The van der Waals surface area contributed by atoms with Crippen LogP contribution in [-0.4, -0.2) is 11.1 Å². The van der Waals surface area contributed by atoms with E-state index in [1.807, 2.05) is 0 Å². The Bertz CT molecular complexity index is 783. The Labute approximate surface area is 161 Å². The third-order valence-electron chi connectivity index (χ3n) is 8.14. The van der Waals surface area contributed by atoms with Gasteiger partial charge in [0, 0.05) is 5.41 Å². The third-order valence-corrected chi connectivity index (χ3v) is 9.97. The summed E-state index contributed by atoms with van der Waals surface area (Å²) in [5.41, 5.74) is 1.88. The molecule has 0 saturated heterocycles. The highest BCUT2D eigenvalue weighted by Gasteiger charge is 2.79. The van der Waals surface area contributed by atoms with E-state index >= 15 is 0 Å². The molecule has 2 fully saturated rings. The number of fused-ring (bicyclic) bond motifs is 12. The second-order valence-electron chi connectivity index (χ2n) is 8.70. The lowest BCUT2D eigenvalue weighted by molar-refractivity contribution is 0.162. The number of nitrogens with zero attached hydrogens (tertiary/aromatic N) is 2. The van der Waals surface area contributed by atoms with Gasteiger partial charge < -0.3 is 0 Å². The van der Waals surface area contributed by atoms with E-state index < -0.39 is 0 Å². The van der Waals surface area contributed by atoms with Gasteiger partial charge in [-0.3, -0.25) is 0 Å². The topological polar surface area (TPSA) is 24.7 Å². The van der Waals surface area contributed by atoms with Crippen molar-refractivity contribution < 1.29 is 0 Å². The summed E-state index contributed by atoms with van der Waals surface area (Å²) in [6.07, 6.45) is 1.05. The summed E-state index contributed by atoms with van der Waals surface area (Å²) >= 11 is 26.0. The largest absolute Gasteiger partial charge is 0.186 e. The number of hydrogen-bond donors (Lipinski definition) is 0. The zero-order valence-electron chi connectivity index (χ0n) is 13.9. The fourth-order valence-electron chi connectivity index (χ4n) is 6.47. The monoisotopic (exact) mass is 402 g/mol. The molecule has 5 rings (SSSR count). The van der Waals surface area contributed by atoms with Gasteiger partial charge in [-0.1, -0.05) is 60.3 Å². The zero-order chi connectivity index (χ0) is 17.4. The molecule has 1 aliphatic heterocycles. The van der Waals surface area contributed by atoms with Gasteiger partial charge in [0.2, 0.25) is 0 Å². The van der Waals surface area contributed by atoms with Crippen molar-refractivity contribution in [3.8, 4) is 0 Å². The molecule has 1 aromatic rings. The van der Waals surface area contributed by atoms with E-state index in [0.717, 1.165) is 17.5 Å². The van der Waals surface area contributed by atoms with Crippen LogP contribution in [0.1, 0.15) is 57.1 Å². The average Bonchev–Trinajstić information content (AvgIpc) is 3.18. The third kappa shape index (κ3) is 1.34. The molecule has 24 heavy (non-hydrogen) atoms. The zero-order valence-corrected chi connectivity index (χ0v) is 16.9. The van der Waals surface area contributed by atoms with Crippen LogP contribution < -0.4 is 0 Å². The van der Waals surface area contributed by atoms with Gasteiger partial charge in [-0.05, 0) is 55.1 Å². The molecule has 2 saturated carbocycles. The van der Waals surface area contributed by atoms with Crippen LogP contribution in [0.2, 0.25) is 20.1 Å². The number of rotatable bonds is 0. The molecule has 0 amide bonds. The second-order valence-corrected chi connectivity index (χ2v) is 10.2. The number of azo groups is 1. The summed E-state index contributed by atoms with van der Waals surface area (Å²) in [4.78, 5) is 0. The van der Waals surface area contributed by atoms with Gasteiger partial charge in [0.15, 0.2) is 0 Å². The van der Waals surface area contributed by atoms with Gasteiger partial charge in [0.1, 0.15) is 0 Å². The Hall–Kier alpha value is -0.0200. The first kappa shape index (κ1) is 16.2. The van der Waals surface area contributed by atoms with E-state index in [9.17, 15) is 0 Å². The van der Waals surface area contributed by atoms with E-state index in [4.69, 9.17) is 56.6 Å². The van der Waals surface area contributed by atoms with Crippen molar-refractivity contribution in [1.29, 1.82) is 0 Å². The van der Waals surface area contributed by atoms with Gasteiger partial charge in [0.25, 0.3) is 0 Å². The van der Waals surface area contributed by atoms with Crippen LogP contribution in [0.5, 0.6) is 0 Å². The van der Waals surface area contributed by atoms with Gasteiger partial charge in [-0.2, -0.15) is 10.2 Å². The first-order valence-corrected chi connectivity index (χ1v) is 9.89. The highest BCUT2D eigenvalue weighted by atomic mass is 35.5. The maximum atomic E-state index is 6.62. The Kier molecular flexibility index (Phi) is 2.88. The summed E-state index contributed by atoms with van der Waals surface area (Å²) < 4.78 is 0. The van der Waals surface area contributed by atoms with Crippen molar-refractivity contribution in [2.24, 2.45) is 27.5 Å². The molecule has 6 heteroatoms. The molecule has 128 valence electrons. The maximum absolute atomic E-state index is 6.62. The Morgan fingerprint density at radius 1 is 0.708 bits per heavy atom. The van der Waals surface area contributed by atoms with E-state index in [0.29, 0.717) is 43.8 Å². The summed E-state index contributed by atoms with van der Waals surface area (Å²) in [6, 6.07) is 0. The van der Waals surface area contributed by atoms with Crippen LogP contribution in [-0.2, 0) is 0 Å². The van der Waals surface area contributed by atoms with Crippen molar-refractivity contribution in [3.05, 3.63) is 31.2 Å². The highest BCUT2D eigenvalue weighted by Crippen LogP contribution is 2.79. The molecular weight excluding hydrogens is 386 g/mol. The minimum atomic E-state index is -0.175. The fraction of sp³-hybridized carbons (Fsp3) is 0.667. The van der Waals surface area contributed by atoms with Crippen molar-refractivity contribution in [2.75, 3.05) is 0 Å². The van der Waals surface area contributed by atoms with Crippen molar-refractivity contribution >= 4 is 46.4 Å². The summed E-state index contributed by atoms with van der Waals surface area (Å²) in [7, 11) is 0. The predicted octanol–water partition coefficient (Wildman–Crippen LogP) is 7.14. The SMILES string of the molecule is CC12N=NC(C)(C3C4CC(c5c(Cl)c(Cl)c(Cl)c(Cl)c54)C31)C2(C)C. The molecular formula is C18H18Cl4N2. The highest BCUT2D eigenvalue weighted by molar-refractivity contribution is 6.52. The van der Waals surface area contributed by atoms with Crippen LogP contribution in [0.25, 0.3) is 0 Å². The molecule has 1 heterocycles. The van der Waals surface area contributed by atoms with Crippen molar-refractivity contribution in [1.82, 2.24) is 0 Å². The van der Waals surface area contributed by atoms with E-state index in [2.05, 4.69) is 27.7 Å². The molecule has 0 aromatic heterocycles. The Balaban J connectivity index is 1.81. The summed E-state index contributed by atoms with van der Waals surface area (Å²) in [5.74, 6) is 1.52. The normalized spacial score (nSPS) is 45.8. The molecule has 2 nitrogen and oxygen atoms in total. The molecule has 4 aliphatic rings. The molecule has 1 aromatic carbocycles. The maximum Gasteiger partial charge on any atom is 0.0900 e. The van der Waals surface area contributed by atoms with Crippen LogP contribution in [0.3, 0.4) is 0 Å². The van der Waals surface area contributed by atoms with Crippen LogP contribution in [0, 0.1) is 17.3 Å². The number of benzene rings is 1.